The molecule has 0 fully saturated rings. The predicted octanol–water partition coefficient (Wildman–Crippen LogP) is 4.49. The van der Waals surface area contributed by atoms with E-state index < -0.39 is 21.9 Å². The van der Waals surface area contributed by atoms with Crippen LogP contribution in [0.4, 0.5) is 0 Å². The van der Waals surface area contributed by atoms with Crippen LogP contribution < -0.4 is 9.47 Å². The van der Waals surface area contributed by atoms with Gasteiger partial charge in [0.25, 0.3) is 0 Å². The van der Waals surface area contributed by atoms with E-state index >= 15 is 0 Å². The molecule has 0 aliphatic rings. The normalized spacial score (nSPS) is 13.3. The zero-order valence-electron chi connectivity index (χ0n) is 17.3. The fourth-order valence-corrected chi connectivity index (χ4v) is 3.87. The molecule has 2 rings (SSSR count). The molecule has 0 amide bonds. The van der Waals surface area contributed by atoms with Crippen LogP contribution in [-0.4, -0.2) is 39.6 Å². The second kappa shape index (κ2) is 11.2. The summed E-state index contributed by atoms with van der Waals surface area (Å²) in [4.78, 5) is 11.3. The van der Waals surface area contributed by atoms with Gasteiger partial charge in [0.05, 0.1) is 22.3 Å². The Labute approximate surface area is 183 Å². The van der Waals surface area contributed by atoms with Crippen molar-refractivity contribution in [2.24, 2.45) is 5.92 Å². The summed E-state index contributed by atoms with van der Waals surface area (Å²) in [5.41, 5.74) is 0. The number of alkyl halides is 1. The maximum Gasteiger partial charge on any atom is 0.303 e. The van der Waals surface area contributed by atoms with E-state index in [9.17, 15) is 13.2 Å². The fourth-order valence-electron chi connectivity index (χ4n) is 2.46. The zero-order chi connectivity index (χ0) is 22.1. The SMILES string of the molecule is CC[C@@H](C)COc1ccc(S(=O)(=O)c2ccc(OC[C@@H](CCl)OC(C)=O)cc2)cc1. The highest BCUT2D eigenvalue weighted by atomic mass is 35.5. The monoisotopic (exact) mass is 454 g/mol. The highest BCUT2D eigenvalue weighted by molar-refractivity contribution is 7.91. The molecule has 0 saturated carbocycles. The van der Waals surface area contributed by atoms with E-state index in [1.807, 2.05) is 0 Å². The molecule has 2 aromatic carbocycles. The minimum atomic E-state index is -3.66. The molecule has 0 radical (unpaired) electrons. The molecule has 0 aliphatic carbocycles. The molecule has 164 valence electrons. The van der Waals surface area contributed by atoms with E-state index in [0.29, 0.717) is 24.0 Å². The molecule has 30 heavy (non-hydrogen) atoms. The van der Waals surface area contributed by atoms with E-state index in [1.54, 1.807) is 24.3 Å². The van der Waals surface area contributed by atoms with Gasteiger partial charge in [-0.25, -0.2) is 8.42 Å². The molecule has 8 heteroatoms. The summed E-state index contributed by atoms with van der Waals surface area (Å²) >= 11 is 5.74. The van der Waals surface area contributed by atoms with Crippen molar-refractivity contribution >= 4 is 27.4 Å². The number of ether oxygens (including phenoxy) is 3. The van der Waals surface area contributed by atoms with Gasteiger partial charge in [-0.05, 0) is 54.4 Å². The van der Waals surface area contributed by atoms with Gasteiger partial charge in [-0.15, -0.1) is 11.6 Å². The van der Waals surface area contributed by atoms with Gasteiger partial charge >= 0.3 is 5.97 Å². The highest BCUT2D eigenvalue weighted by Gasteiger charge is 2.18. The Morgan fingerprint density at radius 2 is 1.40 bits per heavy atom. The molecule has 0 aromatic heterocycles. The first-order chi connectivity index (χ1) is 14.3. The maximum absolute atomic E-state index is 12.8. The van der Waals surface area contributed by atoms with Crippen molar-refractivity contribution in [2.75, 3.05) is 19.1 Å². The summed E-state index contributed by atoms with van der Waals surface area (Å²) in [5.74, 6) is 1.18. The number of rotatable bonds is 11. The first-order valence-corrected chi connectivity index (χ1v) is 11.7. The first kappa shape index (κ1) is 24.0. The minimum absolute atomic E-state index is 0.0767. The van der Waals surface area contributed by atoms with Crippen LogP contribution in [0.5, 0.6) is 11.5 Å². The molecule has 6 nitrogen and oxygen atoms in total. The molecule has 0 saturated heterocycles. The first-order valence-electron chi connectivity index (χ1n) is 9.70. The third-order valence-corrected chi connectivity index (χ3v) is 6.57. The van der Waals surface area contributed by atoms with E-state index in [2.05, 4.69) is 13.8 Å². The quantitative estimate of drug-likeness (QED) is 0.367. The van der Waals surface area contributed by atoms with Crippen LogP contribution in [0.3, 0.4) is 0 Å². The Morgan fingerprint density at radius 3 is 1.80 bits per heavy atom. The average Bonchev–Trinajstić information content (AvgIpc) is 2.75. The van der Waals surface area contributed by atoms with Crippen molar-refractivity contribution in [2.45, 2.75) is 43.1 Å². The smallest absolute Gasteiger partial charge is 0.303 e. The van der Waals surface area contributed by atoms with Crippen LogP contribution in [-0.2, 0) is 19.4 Å². The number of halogens is 1. The van der Waals surface area contributed by atoms with Crippen molar-refractivity contribution in [1.82, 2.24) is 0 Å². The molecule has 0 N–H and O–H groups in total. The molecular weight excluding hydrogens is 428 g/mol. The number of esters is 1. The van der Waals surface area contributed by atoms with Gasteiger partial charge in [0.1, 0.15) is 24.2 Å². The van der Waals surface area contributed by atoms with E-state index in [4.69, 9.17) is 25.8 Å². The molecular formula is C22H27ClO6S. The van der Waals surface area contributed by atoms with Crippen molar-refractivity contribution in [1.29, 1.82) is 0 Å². The Bertz CT molecular complexity index is 910. The van der Waals surface area contributed by atoms with Crippen LogP contribution in [0.1, 0.15) is 27.2 Å². The zero-order valence-corrected chi connectivity index (χ0v) is 18.9. The van der Waals surface area contributed by atoms with Gasteiger partial charge in [0, 0.05) is 6.92 Å². The lowest BCUT2D eigenvalue weighted by Gasteiger charge is -2.15. The molecule has 2 aromatic rings. The van der Waals surface area contributed by atoms with Gasteiger partial charge in [0.2, 0.25) is 9.84 Å². The molecule has 0 spiro atoms. The number of benzene rings is 2. The number of hydrogen-bond donors (Lipinski definition) is 0. The van der Waals surface area contributed by atoms with Crippen molar-refractivity contribution < 1.29 is 27.4 Å². The third kappa shape index (κ3) is 6.92. The largest absolute Gasteiger partial charge is 0.493 e. The van der Waals surface area contributed by atoms with E-state index in [1.165, 1.54) is 31.2 Å². The number of carbonyl (C=O) groups is 1. The maximum atomic E-state index is 12.8. The second-order valence-corrected chi connectivity index (χ2v) is 9.23. The van der Waals surface area contributed by atoms with E-state index in [0.717, 1.165) is 6.42 Å². The number of sulfone groups is 1. The topological polar surface area (TPSA) is 78.9 Å². The lowest BCUT2D eigenvalue weighted by molar-refractivity contribution is -0.146. The summed E-state index contributed by atoms with van der Waals surface area (Å²) in [6.07, 6.45) is 0.441. The Morgan fingerprint density at radius 1 is 0.933 bits per heavy atom. The van der Waals surface area contributed by atoms with Crippen molar-refractivity contribution in [3.63, 3.8) is 0 Å². The summed E-state index contributed by atoms with van der Waals surface area (Å²) in [6.45, 7) is 6.15. The number of hydrogen-bond acceptors (Lipinski definition) is 6. The number of carbonyl (C=O) groups excluding carboxylic acids is 1. The summed E-state index contributed by atoms with van der Waals surface area (Å²) in [6, 6.07) is 12.4. The molecule has 2 atom stereocenters. The fraction of sp³-hybridized carbons (Fsp3) is 0.409. The second-order valence-electron chi connectivity index (χ2n) is 6.97. The lowest BCUT2D eigenvalue weighted by atomic mass is 10.1. The summed E-state index contributed by atoms with van der Waals surface area (Å²) < 4.78 is 41.9. The van der Waals surface area contributed by atoms with Gasteiger partial charge in [0.15, 0.2) is 0 Å². The van der Waals surface area contributed by atoms with Gasteiger partial charge in [-0.2, -0.15) is 0 Å². The van der Waals surface area contributed by atoms with Crippen LogP contribution in [0.2, 0.25) is 0 Å². The highest BCUT2D eigenvalue weighted by Crippen LogP contribution is 2.25. The van der Waals surface area contributed by atoms with Gasteiger partial charge in [-0.3, -0.25) is 4.79 Å². The molecule has 0 heterocycles. The summed E-state index contributed by atoms with van der Waals surface area (Å²) in [5, 5.41) is 0. The molecule has 0 aliphatic heterocycles. The Balaban J connectivity index is 2.03. The predicted molar refractivity (Wildman–Crippen MR) is 115 cm³/mol. The van der Waals surface area contributed by atoms with Crippen molar-refractivity contribution in [3.05, 3.63) is 48.5 Å². The average molecular weight is 455 g/mol. The third-order valence-electron chi connectivity index (χ3n) is 4.44. The van der Waals surface area contributed by atoms with E-state index in [-0.39, 0.29) is 22.3 Å². The Kier molecular flexibility index (Phi) is 8.99. The van der Waals surface area contributed by atoms with Crippen molar-refractivity contribution in [3.8, 4) is 11.5 Å². The van der Waals surface area contributed by atoms with Crippen LogP contribution in [0, 0.1) is 5.92 Å². The van der Waals surface area contributed by atoms with Crippen LogP contribution in [0.15, 0.2) is 58.3 Å². The Hall–Kier alpha value is -2.25. The van der Waals surface area contributed by atoms with Crippen LogP contribution >= 0.6 is 11.6 Å². The standard InChI is InChI=1S/C22H27ClO6S/c1-4-16(2)14-27-18-5-9-21(10-6-18)30(25,26)22-11-7-19(8-12-22)28-15-20(13-23)29-17(3)24/h5-12,16,20H,4,13-15H2,1-3H3/t16-,20-/m1/s1. The summed E-state index contributed by atoms with van der Waals surface area (Å²) in [7, 11) is -3.66. The van der Waals surface area contributed by atoms with Crippen LogP contribution in [0.25, 0.3) is 0 Å². The van der Waals surface area contributed by atoms with Gasteiger partial charge in [-0.1, -0.05) is 20.3 Å². The minimum Gasteiger partial charge on any atom is -0.493 e. The lowest BCUT2D eigenvalue weighted by Crippen LogP contribution is -2.25. The van der Waals surface area contributed by atoms with Gasteiger partial charge < -0.3 is 14.2 Å². The molecule has 0 unspecified atom stereocenters. The molecule has 0 bridgehead atoms.